The Morgan fingerprint density at radius 3 is 2.42 bits per heavy atom. The molecule has 0 fully saturated rings. The first-order chi connectivity index (χ1) is 14.5. The molecule has 0 aliphatic carbocycles. The van der Waals surface area contributed by atoms with E-state index in [-0.39, 0.29) is 11.5 Å². The highest BCUT2D eigenvalue weighted by molar-refractivity contribution is 5.78. The molecule has 0 unspecified atom stereocenters. The van der Waals surface area contributed by atoms with E-state index in [4.69, 9.17) is 15.2 Å². The summed E-state index contributed by atoms with van der Waals surface area (Å²) < 4.78 is 49.0. The second-order valence-electron chi connectivity index (χ2n) is 5.59. The zero-order valence-corrected chi connectivity index (χ0v) is 15.5. The number of nitrogens with one attached hydrogen (secondary N) is 2. The molecule has 0 aliphatic rings. The van der Waals surface area contributed by atoms with E-state index in [1.807, 2.05) is 0 Å². The van der Waals surface area contributed by atoms with Gasteiger partial charge in [0.15, 0.2) is 16.5 Å². The molecule has 0 amide bonds. The lowest BCUT2D eigenvalue weighted by molar-refractivity contribution is -0.528. The highest BCUT2D eigenvalue weighted by Crippen LogP contribution is 2.40. The minimum atomic E-state index is -4.76. The van der Waals surface area contributed by atoms with Crippen molar-refractivity contribution in [2.24, 2.45) is 10.8 Å². The molecule has 0 atom stereocenters. The van der Waals surface area contributed by atoms with Crippen molar-refractivity contribution in [1.29, 1.82) is 0 Å². The first kappa shape index (κ1) is 22.9. The van der Waals surface area contributed by atoms with E-state index in [0.717, 1.165) is 6.07 Å². The number of nitro benzene ring substituents is 1. The number of nitrogens with two attached hydrogens (primary N) is 1. The average molecular weight is 443 g/mol. The molecule has 164 valence electrons. The van der Waals surface area contributed by atoms with Crippen LogP contribution in [0.4, 0.5) is 18.9 Å². The van der Waals surface area contributed by atoms with Gasteiger partial charge in [-0.2, -0.15) is 13.2 Å². The molecule has 31 heavy (non-hydrogen) atoms. The van der Waals surface area contributed by atoms with E-state index >= 15 is 0 Å². The second kappa shape index (κ2) is 9.38. The standard InChI is InChI=1S/C16H13F3N6O6/c1-30-14-6-9(8-21-22-15(20)23-25(28)29)2-4-13(14)31-12-5-3-10(16(17,18)19)7-11(12)24(26)27/h2-8H,1H3,(H3,20,22,23)/p+1. The van der Waals surface area contributed by atoms with Crippen LogP contribution in [0.2, 0.25) is 0 Å². The van der Waals surface area contributed by atoms with Gasteiger partial charge in [0, 0.05) is 16.7 Å². The van der Waals surface area contributed by atoms with E-state index in [2.05, 4.69) is 10.2 Å². The zero-order chi connectivity index (χ0) is 23.2. The predicted octanol–water partition coefficient (Wildman–Crippen LogP) is 0.925. The Kier molecular flexibility index (Phi) is 6.91. The number of hydrazone groups is 1. The molecule has 0 bridgehead atoms. The van der Waals surface area contributed by atoms with Crippen molar-refractivity contribution in [3.8, 4) is 17.2 Å². The van der Waals surface area contributed by atoms with Gasteiger partial charge in [-0.25, -0.2) is 10.1 Å². The first-order valence-corrected chi connectivity index (χ1v) is 8.05. The molecule has 0 radical (unpaired) electrons. The van der Waals surface area contributed by atoms with Crippen molar-refractivity contribution in [2.45, 2.75) is 6.18 Å². The summed E-state index contributed by atoms with van der Waals surface area (Å²) >= 11 is 0. The highest BCUT2D eigenvalue weighted by atomic mass is 19.4. The van der Waals surface area contributed by atoms with Gasteiger partial charge >= 0.3 is 17.8 Å². The smallest absolute Gasteiger partial charge is 0.416 e. The number of nitrogens with zero attached hydrogens (tertiary/aromatic N) is 3. The van der Waals surface area contributed by atoms with Gasteiger partial charge < -0.3 is 15.2 Å². The molecule has 12 nitrogen and oxygen atoms in total. The normalized spacial score (nSPS) is 11.9. The van der Waals surface area contributed by atoms with Crippen LogP contribution < -0.4 is 25.7 Å². The SMILES string of the molecule is COc1cc(C=[NH+]N=C(N)N[N+](=O)[O-])ccc1Oc1ccc(C(F)(F)F)cc1[N+](=O)[O-]. The van der Waals surface area contributed by atoms with Crippen molar-refractivity contribution in [3.05, 3.63) is 67.8 Å². The van der Waals surface area contributed by atoms with Crippen molar-refractivity contribution in [2.75, 3.05) is 7.11 Å². The van der Waals surface area contributed by atoms with Crippen LogP contribution in [0.25, 0.3) is 0 Å². The summed E-state index contributed by atoms with van der Waals surface area (Å²) in [6.07, 6.45) is -3.46. The van der Waals surface area contributed by atoms with Gasteiger partial charge in [-0.15, -0.1) is 5.10 Å². The maximum Gasteiger partial charge on any atom is 0.416 e. The van der Waals surface area contributed by atoms with Crippen molar-refractivity contribution < 1.29 is 37.7 Å². The largest absolute Gasteiger partial charge is 0.493 e. The summed E-state index contributed by atoms with van der Waals surface area (Å²) in [5.74, 6) is -0.858. The van der Waals surface area contributed by atoms with Crippen LogP contribution in [0.3, 0.4) is 0 Å². The number of nitro groups is 2. The maximum absolute atomic E-state index is 12.8. The lowest BCUT2D eigenvalue weighted by Gasteiger charge is -2.12. The van der Waals surface area contributed by atoms with Crippen LogP contribution in [0.15, 0.2) is 41.5 Å². The van der Waals surface area contributed by atoms with Gasteiger partial charge in [-0.3, -0.25) is 10.1 Å². The fourth-order valence-corrected chi connectivity index (χ4v) is 2.19. The lowest BCUT2D eigenvalue weighted by atomic mass is 10.1. The molecule has 2 aromatic rings. The van der Waals surface area contributed by atoms with E-state index in [1.165, 1.54) is 31.5 Å². The third-order valence-electron chi connectivity index (χ3n) is 3.51. The summed E-state index contributed by atoms with van der Waals surface area (Å²) in [6, 6.07) is 6.06. The van der Waals surface area contributed by atoms with Gasteiger partial charge in [-0.05, 0) is 30.3 Å². The Labute approximate surface area is 171 Å². The fourth-order valence-electron chi connectivity index (χ4n) is 2.19. The summed E-state index contributed by atoms with van der Waals surface area (Å²) in [7, 11) is 1.28. The minimum absolute atomic E-state index is 0.0134. The Morgan fingerprint density at radius 2 is 1.84 bits per heavy atom. The van der Waals surface area contributed by atoms with Crippen molar-refractivity contribution >= 4 is 17.9 Å². The first-order valence-electron chi connectivity index (χ1n) is 8.05. The predicted molar refractivity (Wildman–Crippen MR) is 99.0 cm³/mol. The number of guanidine groups is 1. The Bertz CT molecular complexity index is 1060. The molecule has 0 saturated heterocycles. The molecule has 2 rings (SSSR count). The van der Waals surface area contributed by atoms with E-state index < -0.39 is 39.1 Å². The molecule has 0 aromatic heterocycles. The zero-order valence-electron chi connectivity index (χ0n) is 15.5. The molecule has 2 aromatic carbocycles. The summed E-state index contributed by atoms with van der Waals surface area (Å²) in [6.45, 7) is 0. The quantitative estimate of drug-likeness (QED) is 0.246. The molecular formula is C16H14F3N6O6+. The molecule has 0 aliphatic heterocycles. The van der Waals surface area contributed by atoms with E-state index in [9.17, 15) is 33.4 Å². The molecule has 0 saturated carbocycles. The Hall–Kier alpha value is -4.43. The van der Waals surface area contributed by atoms with Crippen LogP contribution in [0, 0.1) is 20.2 Å². The Morgan fingerprint density at radius 1 is 1.16 bits per heavy atom. The number of benzene rings is 2. The van der Waals surface area contributed by atoms with Gasteiger partial charge in [-0.1, -0.05) is 5.43 Å². The summed E-state index contributed by atoms with van der Waals surface area (Å²) in [5.41, 5.74) is 5.20. The average Bonchev–Trinajstić information content (AvgIpc) is 2.67. The Balaban J connectivity index is 2.30. The maximum atomic E-state index is 12.8. The van der Waals surface area contributed by atoms with Crippen LogP contribution in [-0.2, 0) is 6.18 Å². The summed E-state index contributed by atoms with van der Waals surface area (Å²) in [4.78, 5) is 20.4. The number of halogens is 3. The van der Waals surface area contributed by atoms with Crippen LogP contribution in [-0.4, -0.2) is 29.2 Å². The molecule has 0 heterocycles. The molecule has 0 spiro atoms. The number of hydrazine groups is 1. The number of hydrogen-bond acceptors (Lipinski definition) is 7. The van der Waals surface area contributed by atoms with Crippen molar-refractivity contribution in [3.63, 3.8) is 0 Å². The number of ether oxygens (including phenoxy) is 2. The van der Waals surface area contributed by atoms with Gasteiger partial charge in [0.1, 0.15) is 0 Å². The molecule has 15 heteroatoms. The van der Waals surface area contributed by atoms with Crippen LogP contribution in [0.1, 0.15) is 11.1 Å². The third-order valence-corrected chi connectivity index (χ3v) is 3.51. The van der Waals surface area contributed by atoms with Crippen LogP contribution >= 0.6 is 0 Å². The highest BCUT2D eigenvalue weighted by Gasteiger charge is 2.33. The second-order valence-corrected chi connectivity index (χ2v) is 5.59. The van der Waals surface area contributed by atoms with E-state index in [0.29, 0.717) is 17.7 Å². The third kappa shape index (κ3) is 6.28. The lowest BCUT2D eigenvalue weighted by Crippen LogP contribution is -2.64. The number of hydrogen-bond donors (Lipinski definition) is 3. The molecule has 4 N–H and O–H groups in total. The fraction of sp³-hybridized carbons (Fsp3) is 0.125. The van der Waals surface area contributed by atoms with Crippen molar-refractivity contribution in [1.82, 2.24) is 5.43 Å². The number of methoxy groups -OCH3 is 1. The number of alkyl halides is 3. The molecular weight excluding hydrogens is 429 g/mol. The van der Waals surface area contributed by atoms with Gasteiger partial charge in [0.2, 0.25) is 12.0 Å². The van der Waals surface area contributed by atoms with Crippen LogP contribution in [0.5, 0.6) is 17.2 Å². The van der Waals surface area contributed by atoms with Gasteiger partial charge in [0.05, 0.1) is 17.6 Å². The minimum Gasteiger partial charge on any atom is -0.493 e. The topological polar surface area (TPSA) is 169 Å². The van der Waals surface area contributed by atoms with Gasteiger partial charge in [0.25, 0.3) is 0 Å². The summed E-state index contributed by atoms with van der Waals surface area (Å²) in [5, 5.41) is 26.3. The monoisotopic (exact) mass is 443 g/mol. The number of rotatable bonds is 7. The van der Waals surface area contributed by atoms with E-state index in [1.54, 1.807) is 5.43 Å².